The van der Waals surface area contributed by atoms with Crippen LogP contribution in [-0.2, 0) is 27.0 Å². The van der Waals surface area contributed by atoms with E-state index in [1.165, 1.54) is 36.4 Å². The Bertz CT molecular complexity index is 1290. The van der Waals surface area contributed by atoms with Crippen molar-refractivity contribution in [1.29, 1.82) is 0 Å². The molecule has 0 saturated carbocycles. The average molecular weight is 525 g/mol. The molecule has 0 radical (unpaired) electrons. The number of alkyl halides is 5. The van der Waals surface area contributed by atoms with Crippen LogP contribution in [0.2, 0.25) is 0 Å². The van der Waals surface area contributed by atoms with Crippen molar-refractivity contribution in [2.45, 2.75) is 30.5 Å². The monoisotopic (exact) mass is 525 g/mol. The van der Waals surface area contributed by atoms with Gasteiger partial charge in [0.1, 0.15) is 28.2 Å². The molecular weight excluding hydrogens is 509 g/mol. The summed E-state index contributed by atoms with van der Waals surface area (Å²) in [6.45, 7) is 0.888. The van der Waals surface area contributed by atoms with Crippen LogP contribution in [-0.4, -0.2) is 53.2 Å². The van der Waals surface area contributed by atoms with Gasteiger partial charge in [-0.1, -0.05) is 6.92 Å². The Balaban J connectivity index is 2.04. The van der Waals surface area contributed by atoms with Gasteiger partial charge in [0, 0.05) is 6.54 Å². The van der Waals surface area contributed by atoms with Gasteiger partial charge < -0.3 is 10.1 Å². The summed E-state index contributed by atoms with van der Waals surface area (Å²) >= 11 is -0.0690. The number of carbonyl (C=O) groups is 1. The number of esters is 1. The van der Waals surface area contributed by atoms with Crippen LogP contribution in [0.4, 0.5) is 27.8 Å². The number of rotatable bonds is 8. The Morgan fingerprint density at radius 2 is 1.94 bits per heavy atom. The molecule has 0 aromatic carbocycles. The number of anilines is 1. The molecule has 3 aromatic heterocycles. The summed E-state index contributed by atoms with van der Waals surface area (Å²) < 4.78 is 96.9. The summed E-state index contributed by atoms with van der Waals surface area (Å²) in [4.78, 5) is 17.8. The molecule has 184 valence electrons. The lowest BCUT2D eigenvalue weighted by atomic mass is 10.2. The van der Waals surface area contributed by atoms with Crippen molar-refractivity contribution in [3.8, 4) is 5.82 Å². The molecule has 34 heavy (non-hydrogen) atoms. The summed E-state index contributed by atoms with van der Waals surface area (Å²) in [5.74, 6) is -6.70. The topological polar surface area (TPSA) is 116 Å². The molecule has 0 aliphatic rings. The first kappa shape index (κ1) is 25.5. The first-order chi connectivity index (χ1) is 15.8. The first-order valence-corrected chi connectivity index (χ1v) is 11.8. The molecule has 0 saturated heterocycles. The Kier molecular flexibility index (Phi) is 6.93. The smallest absolute Gasteiger partial charge is 0.458 e. The summed E-state index contributed by atoms with van der Waals surface area (Å²) in [5, 5.41) is 6.49. The fourth-order valence-corrected chi connectivity index (χ4v) is 4.81. The maximum Gasteiger partial charge on any atom is 0.458 e. The molecule has 0 bridgehead atoms. The lowest BCUT2D eigenvalue weighted by molar-refractivity contribution is -0.287. The number of thiophene rings is 1. The molecule has 3 heterocycles. The van der Waals surface area contributed by atoms with E-state index >= 15 is 0 Å². The van der Waals surface area contributed by atoms with E-state index in [1.54, 1.807) is 0 Å². The SMILES string of the molecule is CCS(=O)(=O)c1ccc(-n2cncn2)nc1NCc1cc(C(F)(F)C(F)(F)F)sc1C(=O)OC. The highest BCUT2D eigenvalue weighted by Gasteiger charge is 2.60. The molecule has 16 heteroatoms. The zero-order chi connectivity index (χ0) is 25.3. The lowest BCUT2D eigenvalue weighted by Gasteiger charge is -2.17. The summed E-state index contributed by atoms with van der Waals surface area (Å²) in [6, 6.07) is 3.12. The highest BCUT2D eigenvalue weighted by molar-refractivity contribution is 7.91. The second-order valence-electron chi connectivity index (χ2n) is 6.64. The minimum absolute atomic E-state index is 0.0690. The normalized spacial score (nSPS) is 12.6. The summed E-state index contributed by atoms with van der Waals surface area (Å²) in [7, 11) is -2.87. The zero-order valence-corrected chi connectivity index (χ0v) is 19.1. The molecule has 1 N–H and O–H groups in total. The van der Waals surface area contributed by atoms with Crippen LogP contribution in [0, 0.1) is 0 Å². The highest BCUT2D eigenvalue weighted by Crippen LogP contribution is 2.47. The van der Waals surface area contributed by atoms with Crippen LogP contribution in [0.1, 0.15) is 27.0 Å². The number of hydrogen-bond donors (Lipinski definition) is 1. The van der Waals surface area contributed by atoms with Gasteiger partial charge in [-0.25, -0.2) is 27.9 Å². The molecule has 9 nitrogen and oxygen atoms in total. The third-order valence-electron chi connectivity index (χ3n) is 4.50. The Morgan fingerprint density at radius 3 is 2.50 bits per heavy atom. The summed E-state index contributed by atoms with van der Waals surface area (Å²) in [6.07, 6.45) is -3.38. The second kappa shape index (κ2) is 9.25. The van der Waals surface area contributed by atoms with Crippen LogP contribution in [0.5, 0.6) is 0 Å². The van der Waals surface area contributed by atoms with Crippen LogP contribution in [0.25, 0.3) is 5.82 Å². The van der Waals surface area contributed by atoms with E-state index in [2.05, 4.69) is 25.1 Å². The number of halogens is 5. The predicted molar refractivity (Wildman–Crippen MR) is 110 cm³/mol. The minimum Gasteiger partial charge on any atom is -0.465 e. The van der Waals surface area contributed by atoms with Crippen molar-refractivity contribution >= 4 is 33.0 Å². The average Bonchev–Trinajstić information content (AvgIpc) is 3.46. The van der Waals surface area contributed by atoms with E-state index in [4.69, 9.17) is 0 Å². The third-order valence-corrected chi connectivity index (χ3v) is 7.49. The second-order valence-corrected chi connectivity index (χ2v) is 9.94. The van der Waals surface area contributed by atoms with Gasteiger partial charge >= 0.3 is 18.1 Å². The van der Waals surface area contributed by atoms with Crippen LogP contribution in [0.15, 0.2) is 35.7 Å². The Hall–Kier alpha value is -3.14. The number of carbonyl (C=O) groups excluding carboxylic acids is 1. The van der Waals surface area contributed by atoms with E-state index in [0.717, 1.165) is 7.11 Å². The molecule has 3 aromatic rings. The number of aromatic nitrogens is 4. The number of sulfone groups is 1. The molecule has 0 fully saturated rings. The van der Waals surface area contributed by atoms with E-state index < -0.39 is 44.2 Å². The fraction of sp³-hybridized carbons (Fsp3) is 0.333. The minimum atomic E-state index is -5.88. The maximum atomic E-state index is 13.9. The number of ether oxygens (including phenoxy) is 1. The molecule has 0 unspecified atom stereocenters. The van der Waals surface area contributed by atoms with E-state index in [1.807, 2.05) is 0 Å². The van der Waals surface area contributed by atoms with Gasteiger partial charge in [-0.3, -0.25) is 0 Å². The number of methoxy groups -OCH3 is 1. The number of nitrogens with zero attached hydrogens (tertiary/aromatic N) is 4. The Labute approximate surface area is 193 Å². The van der Waals surface area contributed by atoms with Crippen molar-refractivity contribution in [1.82, 2.24) is 19.7 Å². The van der Waals surface area contributed by atoms with Gasteiger partial charge in [0.15, 0.2) is 15.7 Å². The van der Waals surface area contributed by atoms with Crippen LogP contribution < -0.4 is 5.32 Å². The van der Waals surface area contributed by atoms with Gasteiger partial charge in [-0.05, 0) is 23.8 Å². The highest BCUT2D eigenvalue weighted by atomic mass is 32.2. The third kappa shape index (κ3) is 4.86. The number of hydrogen-bond acceptors (Lipinski definition) is 9. The van der Waals surface area contributed by atoms with Crippen molar-refractivity contribution in [3.05, 3.63) is 46.2 Å². The van der Waals surface area contributed by atoms with E-state index in [0.29, 0.717) is 6.07 Å². The quantitative estimate of drug-likeness (QED) is 0.351. The molecule has 0 aliphatic carbocycles. The van der Waals surface area contributed by atoms with Gasteiger partial charge in [-0.2, -0.15) is 27.1 Å². The lowest BCUT2D eigenvalue weighted by Crippen LogP contribution is -2.32. The van der Waals surface area contributed by atoms with Gasteiger partial charge in [0.25, 0.3) is 0 Å². The van der Waals surface area contributed by atoms with Gasteiger partial charge in [0.2, 0.25) is 0 Å². The van der Waals surface area contributed by atoms with Crippen molar-refractivity contribution in [3.63, 3.8) is 0 Å². The molecule has 0 atom stereocenters. The van der Waals surface area contributed by atoms with Crippen molar-refractivity contribution in [2.24, 2.45) is 0 Å². The van der Waals surface area contributed by atoms with Crippen LogP contribution in [0.3, 0.4) is 0 Å². The van der Waals surface area contributed by atoms with Crippen molar-refractivity contribution in [2.75, 3.05) is 18.2 Å². The van der Waals surface area contributed by atoms with Gasteiger partial charge in [-0.15, -0.1) is 11.3 Å². The largest absolute Gasteiger partial charge is 0.465 e. The molecule has 3 rings (SSSR count). The number of nitrogens with one attached hydrogen (secondary N) is 1. The fourth-order valence-electron chi connectivity index (χ4n) is 2.72. The molecule has 0 spiro atoms. The van der Waals surface area contributed by atoms with Gasteiger partial charge in [0.05, 0.1) is 17.7 Å². The predicted octanol–water partition coefficient (Wildman–Crippen LogP) is 3.57. The maximum absolute atomic E-state index is 13.9. The summed E-state index contributed by atoms with van der Waals surface area (Å²) in [5.41, 5.74) is -0.261. The van der Waals surface area contributed by atoms with Crippen molar-refractivity contribution < 1.29 is 39.9 Å². The molecular formula is C18H16F5N5O4S2. The molecule has 0 amide bonds. The molecule has 0 aliphatic heterocycles. The first-order valence-electron chi connectivity index (χ1n) is 9.30. The standard InChI is InChI=1S/C18H16F5N5O4S2/c1-3-34(30,31)11-4-5-13(28-9-24-8-26-28)27-15(11)25-7-10-6-12(17(19,20)18(21,22)23)33-14(10)16(29)32-2/h4-6,8-9H,3,7H2,1-2H3,(H,25,27). The van der Waals surface area contributed by atoms with E-state index in [-0.39, 0.29) is 39.2 Å². The van der Waals surface area contributed by atoms with E-state index in [9.17, 15) is 35.2 Å². The number of pyridine rings is 1. The Morgan fingerprint density at radius 1 is 1.24 bits per heavy atom. The zero-order valence-electron chi connectivity index (χ0n) is 17.4. The van der Waals surface area contributed by atoms with Crippen LogP contribution >= 0.6 is 11.3 Å².